The minimum atomic E-state index is -0.427. The Morgan fingerprint density at radius 3 is 2.65 bits per heavy atom. The highest BCUT2D eigenvalue weighted by atomic mass is 79.9. The molecule has 0 saturated carbocycles. The van der Waals surface area contributed by atoms with Crippen LogP contribution in [0.3, 0.4) is 0 Å². The van der Waals surface area contributed by atoms with Gasteiger partial charge in [0.2, 0.25) is 0 Å². The molecular weight excluding hydrogens is 287 g/mol. The van der Waals surface area contributed by atoms with Gasteiger partial charge < -0.3 is 4.74 Å². The summed E-state index contributed by atoms with van der Waals surface area (Å²) in [6.45, 7) is 1.86. The monoisotopic (exact) mass is 296 g/mol. The van der Waals surface area contributed by atoms with E-state index in [-0.39, 0.29) is 11.8 Å². The standard InChI is InChI=1S/C12H10BrFN2O/c1-8-2-3-10(14)11(4-8)17-12-15-6-9(5-13)7-16-12/h2-4,6-7H,5H2,1H3. The summed E-state index contributed by atoms with van der Waals surface area (Å²) in [6.07, 6.45) is 3.26. The van der Waals surface area contributed by atoms with Crippen LogP contribution >= 0.6 is 15.9 Å². The number of aryl methyl sites for hydroxylation is 1. The highest BCUT2D eigenvalue weighted by molar-refractivity contribution is 9.08. The van der Waals surface area contributed by atoms with Crippen LogP contribution in [0.5, 0.6) is 11.8 Å². The van der Waals surface area contributed by atoms with Crippen molar-refractivity contribution in [3.63, 3.8) is 0 Å². The predicted octanol–water partition coefficient (Wildman–Crippen LogP) is 3.61. The van der Waals surface area contributed by atoms with Crippen molar-refractivity contribution >= 4 is 15.9 Å². The van der Waals surface area contributed by atoms with E-state index in [4.69, 9.17) is 4.74 Å². The molecule has 0 radical (unpaired) electrons. The van der Waals surface area contributed by atoms with E-state index in [1.165, 1.54) is 6.07 Å². The van der Waals surface area contributed by atoms with Gasteiger partial charge in [0.15, 0.2) is 11.6 Å². The van der Waals surface area contributed by atoms with E-state index in [9.17, 15) is 4.39 Å². The lowest BCUT2D eigenvalue weighted by Crippen LogP contribution is -1.95. The molecule has 0 N–H and O–H groups in total. The van der Waals surface area contributed by atoms with E-state index < -0.39 is 5.82 Å². The Kier molecular flexibility index (Phi) is 3.68. The summed E-state index contributed by atoms with van der Waals surface area (Å²) in [4.78, 5) is 7.97. The minimum absolute atomic E-state index is 0.136. The van der Waals surface area contributed by atoms with Crippen molar-refractivity contribution in [3.05, 3.63) is 47.5 Å². The van der Waals surface area contributed by atoms with Gasteiger partial charge in [-0.3, -0.25) is 0 Å². The lowest BCUT2D eigenvalue weighted by atomic mass is 10.2. The first-order valence-corrected chi connectivity index (χ1v) is 6.12. The molecule has 1 aromatic carbocycles. The SMILES string of the molecule is Cc1ccc(F)c(Oc2ncc(CBr)cn2)c1. The van der Waals surface area contributed by atoms with Gasteiger partial charge in [-0.05, 0) is 30.2 Å². The zero-order valence-corrected chi connectivity index (χ0v) is 10.7. The lowest BCUT2D eigenvalue weighted by molar-refractivity contribution is 0.410. The second-order valence-electron chi connectivity index (χ2n) is 3.54. The number of rotatable bonds is 3. The summed E-state index contributed by atoms with van der Waals surface area (Å²) in [6, 6.07) is 4.78. The summed E-state index contributed by atoms with van der Waals surface area (Å²) in [5, 5.41) is 0.673. The fraction of sp³-hybridized carbons (Fsp3) is 0.167. The topological polar surface area (TPSA) is 35.0 Å². The Hall–Kier alpha value is -1.49. The molecule has 2 rings (SSSR count). The molecule has 0 amide bonds. The maximum Gasteiger partial charge on any atom is 0.321 e. The average Bonchev–Trinajstić information content (AvgIpc) is 2.35. The third-order valence-corrected chi connectivity index (χ3v) is 2.77. The lowest BCUT2D eigenvalue weighted by Gasteiger charge is -2.05. The molecule has 0 atom stereocenters. The Morgan fingerprint density at radius 2 is 2.00 bits per heavy atom. The van der Waals surface area contributed by atoms with Gasteiger partial charge in [-0.1, -0.05) is 22.0 Å². The number of alkyl halides is 1. The van der Waals surface area contributed by atoms with Crippen molar-refractivity contribution in [2.75, 3.05) is 0 Å². The van der Waals surface area contributed by atoms with E-state index in [2.05, 4.69) is 25.9 Å². The molecule has 88 valence electrons. The predicted molar refractivity (Wildman–Crippen MR) is 65.9 cm³/mol. The van der Waals surface area contributed by atoms with Gasteiger partial charge in [-0.15, -0.1) is 0 Å². The van der Waals surface area contributed by atoms with Crippen LogP contribution in [-0.4, -0.2) is 9.97 Å². The quantitative estimate of drug-likeness (QED) is 0.812. The third-order valence-electron chi connectivity index (χ3n) is 2.12. The van der Waals surface area contributed by atoms with Crippen molar-refractivity contribution in [2.45, 2.75) is 12.3 Å². The normalized spacial score (nSPS) is 10.3. The van der Waals surface area contributed by atoms with Crippen molar-refractivity contribution in [1.82, 2.24) is 9.97 Å². The zero-order valence-electron chi connectivity index (χ0n) is 9.15. The molecule has 2 aromatic rings. The number of benzene rings is 1. The summed E-state index contributed by atoms with van der Waals surface area (Å²) >= 11 is 3.29. The van der Waals surface area contributed by atoms with Gasteiger partial charge in [-0.25, -0.2) is 14.4 Å². The smallest absolute Gasteiger partial charge is 0.321 e. The molecule has 0 unspecified atom stereocenters. The molecule has 1 heterocycles. The van der Waals surface area contributed by atoms with Crippen molar-refractivity contribution in [1.29, 1.82) is 0 Å². The second-order valence-corrected chi connectivity index (χ2v) is 4.10. The Labute approximate surface area is 107 Å². The molecule has 3 nitrogen and oxygen atoms in total. The first-order valence-electron chi connectivity index (χ1n) is 5.00. The summed E-state index contributed by atoms with van der Waals surface area (Å²) in [5.41, 5.74) is 1.85. The largest absolute Gasteiger partial charge is 0.421 e. The van der Waals surface area contributed by atoms with Crippen molar-refractivity contribution in [3.8, 4) is 11.8 Å². The highest BCUT2D eigenvalue weighted by Gasteiger charge is 2.06. The Bertz CT molecular complexity index is 516. The number of hydrogen-bond donors (Lipinski definition) is 0. The molecule has 0 bridgehead atoms. The van der Waals surface area contributed by atoms with Gasteiger partial charge in [-0.2, -0.15) is 0 Å². The van der Waals surface area contributed by atoms with Crippen molar-refractivity contribution in [2.24, 2.45) is 0 Å². The van der Waals surface area contributed by atoms with Crippen LogP contribution in [0.4, 0.5) is 4.39 Å². The molecular formula is C12H10BrFN2O. The zero-order chi connectivity index (χ0) is 12.3. The highest BCUT2D eigenvalue weighted by Crippen LogP contribution is 2.22. The molecule has 0 aliphatic rings. The summed E-state index contributed by atoms with van der Waals surface area (Å²) < 4.78 is 18.7. The minimum Gasteiger partial charge on any atom is -0.421 e. The van der Waals surface area contributed by atoms with E-state index >= 15 is 0 Å². The van der Waals surface area contributed by atoms with Crippen molar-refractivity contribution < 1.29 is 9.13 Å². The first kappa shape index (κ1) is 12.0. The number of nitrogens with zero attached hydrogens (tertiary/aromatic N) is 2. The van der Waals surface area contributed by atoms with E-state index in [0.29, 0.717) is 5.33 Å². The van der Waals surface area contributed by atoms with Gasteiger partial charge in [0, 0.05) is 17.7 Å². The van der Waals surface area contributed by atoms with E-state index in [0.717, 1.165) is 11.1 Å². The Balaban J connectivity index is 2.22. The van der Waals surface area contributed by atoms with Crippen LogP contribution in [0.2, 0.25) is 0 Å². The molecule has 17 heavy (non-hydrogen) atoms. The third kappa shape index (κ3) is 3.00. The van der Waals surface area contributed by atoms with Crippen LogP contribution in [0.1, 0.15) is 11.1 Å². The molecule has 5 heteroatoms. The molecule has 0 saturated heterocycles. The molecule has 1 aromatic heterocycles. The maximum absolute atomic E-state index is 13.4. The van der Waals surface area contributed by atoms with Crippen LogP contribution in [0.15, 0.2) is 30.6 Å². The molecule has 0 aliphatic carbocycles. The van der Waals surface area contributed by atoms with E-state index in [1.807, 2.05) is 6.92 Å². The van der Waals surface area contributed by atoms with Crippen LogP contribution in [-0.2, 0) is 5.33 Å². The molecule has 0 fully saturated rings. The number of halogens is 2. The Morgan fingerprint density at radius 1 is 1.29 bits per heavy atom. The average molecular weight is 297 g/mol. The number of aromatic nitrogens is 2. The first-order chi connectivity index (χ1) is 8.19. The van der Waals surface area contributed by atoms with Gasteiger partial charge >= 0.3 is 6.01 Å². The summed E-state index contributed by atoms with van der Waals surface area (Å²) in [7, 11) is 0. The van der Waals surface area contributed by atoms with Crippen LogP contribution in [0, 0.1) is 12.7 Å². The van der Waals surface area contributed by atoms with Crippen LogP contribution < -0.4 is 4.74 Å². The number of ether oxygens (including phenoxy) is 1. The van der Waals surface area contributed by atoms with Gasteiger partial charge in [0.1, 0.15) is 0 Å². The summed E-state index contributed by atoms with van der Waals surface area (Å²) in [5.74, 6) is -0.291. The maximum atomic E-state index is 13.4. The van der Waals surface area contributed by atoms with Crippen LogP contribution in [0.25, 0.3) is 0 Å². The fourth-order valence-corrected chi connectivity index (χ4v) is 1.54. The van der Waals surface area contributed by atoms with Gasteiger partial charge in [0.05, 0.1) is 0 Å². The molecule has 0 aliphatic heterocycles. The number of hydrogen-bond acceptors (Lipinski definition) is 3. The second kappa shape index (κ2) is 5.23. The fourth-order valence-electron chi connectivity index (χ4n) is 1.25. The van der Waals surface area contributed by atoms with Gasteiger partial charge in [0.25, 0.3) is 0 Å². The van der Waals surface area contributed by atoms with E-state index in [1.54, 1.807) is 24.5 Å². The molecule has 0 spiro atoms.